The Bertz CT molecular complexity index is 1350. The highest BCUT2D eigenvalue weighted by molar-refractivity contribution is 5.65. The highest BCUT2D eigenvalue weighted by atomic mass is 19.1. The largest absolute Gasteiger partial charge is 0.359 e. The molecule has 0 radical (unpaired) electrons. The van der Waals surface area contributed by atoms with Gasteiger partial charge in [-0.2, -0.15) is 10.4 Å². The first-order chi connectivity index (χ1) is 14.7. The van der Waals surface area contributed by atoms with E-state index in [0.717, 1.165) is 5.56 Å². The van der Waals surface area contributed by atoms with Gasteiger partial charge in [0.15, 0.2) is 11.6 Å². The number of nitrogens with zero attached hydrogens (tertiary/aromatic N) is 6. The monoisotopic (exact) mass is 396 g/mol. The van der Waals surface area contributed by atoms with Gasteiger partial charge in [-0.15, -0.1) is 0 Å². The van der Waals surface area contributed by atoms with Crippen LogP contribution in [0.4, 0.5) is 4.39 Å². The number of hydrogen-bond donors (Lipinski definition) is 0. The molecule has 2 aliphatic heterocycles. The third-order valence-corrected chi connectivity index (χ3v) is 4.62. The minimum absolute atomic E-state index is 0.324. The van der Waals surface area contributed by atoms with Crippen LogP contribution in [0.15, 0.2) is 71.5 Å². The third-order valence-electron chi connectivity index (χ3n) is 4.62. The Kier molecular flexibility index (Phi) is 4.26. The molecule has 2 aliphatic rings. The molecule has 2 aromatic carbocycles. The molecule has 0 fully saturated rings. The minimum Gasteiger partial charge on any atom is -0.359 e. The molecule has 0 amide bonds. The maximum absolute atomic E-state index is 14.0. The van der Waals surface area contributed by atoms with Crippen molar-refractivity contribution in [3.8, 4) is 40.1 Å². The number of imidazole rings is 1. The SMILES string of the molecule is N#Cc1ccc(-c2cc(Cn3cc4nc(-c5ccccc5F)nc-4cn3)on2)cc1. The van der Waals surface area contributed by atoms with Crippen LogP contribution in [0, 0.1) is 17.1 Å². The summed E-state index contributed by atoms with van der Waals surface area (Å²) in [5, 5.41) is 17.3. The molecule has 1 aromatic heterocycles. The number of rotatable bonds is 4. The summed E-state index contributed by atoms with van der Waals surface area (Å²) < 4.78 is 21.1. The highest BCUT2D eigenvalue weighted by Crippen LogP contribution is 2.26. The van der Waals surface area contributed by atoms with Gasteiger partial charge in [0.1, 0.15) is 29.4 Å². The van der Waals surface area contributed by atoms with Gasteiger partial charge >= 0.3 is 0 Å². The quantitative estimate of drug-likeness (QED) is 0.453. The van der Waals surface area contributed by atoms with Crippen LogP contribution < -0.4 is 0 Å². The lowest BCUT2D eigenvalue weighted by Crippen LogP contribution is -2.04. The van der Waals surface area contributed by atoms with Crippen molar-refractivity contribution in [1.82, 2.24) is 24.9 Å². The van der Waals surface area contributed by atoms with E-state index in [0.29, 0.717) is 46.3 Å². The molecule has 0 atom stereocenters. The lowest BCUT2D eigenvalue weighted by molar-refractivity contribution is 0.372. The van der Waals surface area contributed by atoms with Gasteiger partial charge in [-0.1, -0.05) is 29.4 Å². The lowest BCUT2D eigenvalue weighted by Gasteiger charge is -2.03. The van der Waals surface area contributed by atoms with E-state index < -0.39 is 0 Å². The number of fused-ring (bicyclic) bond motifs is 1. The number of nitriles is 1. The fourth-order valence-electron chi connectivity index (χ4n) is 3.11. The average molecular weight is 396 g/mol. The smallest absolute Gasteiger partial charge is 0.163 e. The van der Waals surface area contributed by atoms with Crippen LogP contribution in [0.1, 0.15) is 11.3 Å². The van der Waals surface area contributed by atoms with Crippen molar-refractivity contribution in [3.05, 3.63) is 84.1 Å². The highest BCUT2D eigenvalue weighted by Gasteiger charge is 2.16. The van der Waals surface area contributed by atoms with Crippen molar-refractivity contribution in [1.29, 1.82) is 5.26 Å². The van der Waals surface area contributed by atoms with E-state index in [9.17, 15) is 4.39 Å². The van der Waals surface area contributed by atoms with Crippen molar-refractivity contribution < 1.29 is 8.91 Å². The topological polar surface area (TPSA) is 93.4 Å². The van der Waals surface area contributed by atoms with E-state index in [4.69, 9.17) is 9.78 Å². The van der Waals surface area contributed by atoms with Gasteiger partial charge in [-0.25, -0.2) is 14.4 Å². The standard InChI is InChI=1S/C22H13FN6O/c23-18-4-2-1-3-17(18)22-26-20-11-25-29(13-21(20)27-22)12-16-9-19(28-30-16)15-7-5-14(10-24)6-8-15/h1-9,11,13H,12H2. The van der Waals surface area contributed by atoms with Crippen molar-refractivity contribution in [2.45, 2.75) is 6.54 Å². The van der Waals surface area contributed by atoms with E-state index >= 15 is 0 Å². The summed E-state index contributed by atoms with van der Waals surface area (Å²) in [6.45, 7) is 0.348. The van der Waals surface area contributed by atoms with Crippen molar-refractivity contribution in [2.24, 2.45) is 0 Å². The number of benzene rings is 2. The van der Waals surface area contributed by atoms with Crippen LogP contribution in [-0.4, -0.2) is 24.9 Å². The summed E-state index contributed by atoms with van der Waals surface area (Å²) >= 11 is 0. The Morgan fingerprint density at radius 2 is 1.80 bits per heavy atom. The molecule has 0 unspecified atom stereocenters. The Morgan fingerprint density at radius 1 is 1.00 bits per heavy atom. The van der Waals surface area contributed by atoms with Gasteiger partial charge in [0, 0.05) is 11.6 Å². The molecular formula is C22H13FN6O. The third kappa shape index (κ3) is 3.29. The van der Waals surface area contributed by atoms with Crippen LogP contribution in [0.3, 0.4) is 0 Å². The minimum atomic E-state index is -0.370. The fourth-order valence-corrected chi connectivity index (χ4v) is 3.11. The number of halogens is 1. The molecule has 0 N–H and O–H groups in total. The average Bonchev–Trinajstić information content (AvgIpc) is 3.41. The molecule has 30 heavy (non-hydrogen) atoms. The number of hydrogen-bond acceptors (Lipinski definition) is 6. The Balaban J connectivity index is 1.40. The molecule has 3 aromatic rings. The van der Waals surface area contributed by atoms with Crippen molar-refractivity contribution >= 4 is 0 Å². The maximum Gasteiger partial charge on any atom is 0.163 e. The van der Waals surface area contributed by atoms with Crippen LogP contribution in [-0.2, 0) is 6.54 Å². The fraction of sp³-hybridized carbons (Fsp3) is 0.0455. The first-order valence-corrected chi connectivity index (χ1v) is 9.11. The second-order valence-electron chi connectivity index (χ2n) is 6.64. The zero-order valence-corrected chi connectivity index (χ0v) is 15.5. The molecule has 0 saturated carbocycles. The Labute approximate surface area is 170 Å². The summed E-state index contributed by atoms with van der Waals surface area (Å²) in [6, 6.07) is 17.4. The summed E-state index contributed by atoms with van der Waals surface area (Å²) in [5.74, 6) is 0.566. The van der Waals surface area contributed by atoms with E-state index in [1.54, 1.807) is 47.4 Å². The van der Waals surface area contributed by atoms with E-state index in [1.165, 1.54) is 6.07 Å². The van der Waals surface area contributed by atoms with Crippen LogP contribution in [0.5, 0.6) is 0 Å². The molecule has 0 saturated heterocycles. The normalized spacial score (nSPS) is 10.9. The summed E-state index contributed by atoms with van der Waals surface area (Å²) in [4.78, 5) is 8.79. The summed E-state index contributed by atoms with van der Waals surface area (Å²) in [5.41, 5.74) is 3.65. The summed E-state index contributed by atoms with van der Waals surface area (Å²) in [7, 11) is 0. The van der Waals surface area contributed by atoms with Crippen LogP contribution >= 0.6 is 0 Å². The van der Waals surface area contributed by atoms with Gasteiger partial charge in [0.25, 0.3) is 0 Å². The van der Waals surface area contributed by atoms with Gasteiger partial charge in [-0.05, 0) is 24.3 Å². The zero-order chi connectivity index (χ0) is 20.5. The van der Waals surface area contributed by atoms with E-state index in [2.05, 4.69) is 26.3 Å². The zero-order valence-electron chi connectivity index (χ0n) is 15.5. The van der Waals surface area contributed by atoms with Gasteiger partial charge in [0.2, 0.25) is 0 Å². The molecule has 0 bridgehead atoms. The van der Waals surface area contributed by atoms with Crippen molar-refractivity contribution in [3.63, 3.8) is 0 Å². The summed E-state index contributed by atoms with van der Waals surface area (Å²) in [6.07, 6.45) is 3.32. The second-order valence-corrected chi connectivity index (χ2v) is 6.64. The molecule has 5 rings (SSSR count). The molecule has 8 heteroatoms. The van der Waals surface area contributed by atoms with Crippen LogP contribution in [0.25, 0.3) is 34.0 Å². The second kappa shape index (κ2) is 7.22. The molecule has 3 heterocycles. The molecule has 7 nitrogen and oxygen atoms in total. The predicted molar refractivity (Wildman–Crippen MR) is 106 cm³/mol. The van der Waals surface area contributed by atoms with Gasteiger partial charge in [0.05, 0.1) is 29.6 Å². The number of aromatic nitrogens is 5. The van der Waals surface area contributed by atoms with Crippen molar-refractivity contribution in [2.75, 3.05) is 0 Å². The lowest BCUT2D eigenvalue weighted by atomic mass is 10.1. The first-order valence-electron chi connectivity index (χ1n) is 9.11. The van der Waals surface area contributed by atoms with Gasteiger partial charge < -0.3 is 4.52 Å². The molecule has 144 valence electrons. The Hall–Kier alpha value is -4.38. The Morgan fingerprint density at radius 3 is 2.60 bits per heavy atom. The first kappa shape index (κ1) is 17.7. The van der Waals surface area contributed by atoms with Gasteiger partial charge in [-0.3, -0.25) is 4.68 Å². The van der Waals surface area contributed by atoms with E-state index in [-0.39, 0.29) is 5.82 Å². The molecule has 0 aliphatic carbocycles. The molecule has 0 spiro atoms. The molecular weight excluding hydrogens is 383 g/mol. The van der Waals surface area contributed by atoms with E-state index in [1.807, 2.05) is 18.2 Å². The van der Waals surface area contributed by atoms with Crippen LogP contribution in [0.2, 0.25) is 0 Å². The predicted octanol–water partition coefficient (Wildman–Crippen LogP) is 4.16. The maximum atomic E-state index is 14.0.